The van der Waals surface area contributed by atoms with Crippen LogP contribution in [0.25, 0.3) is 0 Å². The topological polar surface area (TPSA) is 148 Å². The Balaban J connectivity index is 0.000000421. The SMILES string of the molecule is C=C(C)C(=O)OCCOCCOC(=O)NCC.C=C(C)C(=O)OCCOCCOC(=O)NCC1CC2CCC1C2. The smallest absolute Gasteiger partial charge is 0.407 e. The molecule has 0 aromatic heterocycles. The molecule has 228 valence electrons. The Morgan fingerprint density at radius 2 is 1.15 bits per heavy atom. The molecule has 12 heteroatoms. The van der Waals surface area contributed by atoms with Crippen LogP contribution in [0.1, 0.15) is 46.5 Å². The van der Waals surface area contributed by atoms with Gasteiger partial charge in [0.15, 0.2) is 0 Å². The normalized spacial score (nSPS) is 18.5. The summed E-state index contributed by atoms with van der Waals surface area (Å²) in [6.07, 6.45) is 4.41. The number of hydrogen-bond donors (Lipinski definition) is 2. The van der Waals surface area contributed by atoms with E-state index in [1.54, 1.807) is 20.8 Å². The molecule has 2 fully saturated rings. The van der Waals surface area contributed by atoms with Crippen LogP contribution in [-0.2, 0) is 38.0 Å². The molecule has 2 saturated carbocycles. The van der Waals surface area contributed by atoms with Gasteiger partial charge in [-0.05, 0) is 57.8 Å². The average Bonchev–Trinajstić information content (AvgIpc) is 3.54. The second-order valence-electron chi connectivity index (χ2n) is 9.68. The molecule has 2 rings (SSSR count). The van der Waals surface area contributed by atoms with Gasteiger partial charge in [-0.2, -0.15) is 0 Å². The molecule has 3 atom stereocenters. The van der Waals surface area contributed by atoms with Gasteiger partial charge in [-0.15, -0.1) is 0 Å². The summed E-state index contributed by atoms with van der Waals surface area (Å²) in [6.45, 7) is 14.9. The molecule has 12 nitrogen and oxygen atoms in total. The van der Waals surface area contributed by atoms with Crippen LogP contribution in [0.2, 0.25) is 0 Å². The summed E-state index contributed by atoms with van der Waals surface area (Å²) in [5.74, 6) is 1.44. The summed E-state index contributed by atoms with van der Waals surface area (Å²) in [6, 6.07) is 0. The third-order valence-electron chi connectivity index (χ3n) is 6.25. The van der Waals surface area contributed by atoms with Crippen molar-refractivity contribution in [1.29, 1.82) is 0 Å². The highest BCUT2D eigenvalue weighted by molar-refractivity contribution is 5.87. The van der Waals surface area contributed by atoms with Gasteiger partial charge in [-0.25, -0.2) is 19.2 Å². The van der Waals surface area contributed by atoms with Crippen LogP contribution in [0, 0.1) is 17.8 Å². The molecule has 0 aromatic rings. The summed E-state index contributed by atoms with van der Waals surface area (Å²) >= 11 is 0. The van der Waals surface area contributed by atoms with Crippen LogP contribution < -0.4 is 10.6 Å². The average molecular weight is 571 g/mol. The number of alkyl carbamates (subject to hydrolysis) is 2. The highest BCUT2D eigenvalue weighted by Crippen LogP contribution is 2.47. The highest BCUT2D eigenvalue weighted by Gasteiger charge is 2.39. The van der Waals surface area contributed by atoms with Crippen molar-refractivity contribution in [2.45, 2.75) is 46.5 Å². The number of carbonyl (C=O) groups is 4. The predicted molar refractivity (Wildman–Crippen MR) is 146 cm³/mol. The third-order valence-corrected chi connectivity index (χ3v) is 6.25. The largest absolute Gasteiger partial charge is 0.460 e. The monoisotopic (exact) mass is 570 g/mol. The van der Waals surface area contributed by atoms with Gasteiger partial charge in [0.1, 0.15) is 26.4 Å². The Morgan fingerprint density at radius 1 is 0.675 bits per heavy atom. The van der Waals surface area contributed by atoms with Gasteiger partial charge >= 0.3 is 24.1 Å². The molecule has 3 unspecified atom stereocenters. The molecule has 2 amide bonds. The number of fused-ring (bicyclic) bond motifs is 2. The van der Waals surface area contributed by atoms with Crippen molar-refractivity contribution in [3.8, 4) is 0 Å². The van der Waals surface area contributed by atoms with E-state index in [2.05, 4.69) is 23.8 Å². The van der Waals surface area contributed by atoms with Gasteiger partial charge in [-0.1, -0.05) is 19.6 Å². The summed E-state index contributed by atoms with van der Waals surface area (Å²) < 4.78 is 29.8. The van der Waals surface area contributed by atoms with Gasteiger partial charge < -0.3 is 39.1 Å². The third kappa shape index (κ3) is 16.1. The zero-order chi connectivity index (χ0) is 29.8. The molecule has 2 aliphatic rings. The number of hydrogen-bond acceptors (Lipinski definition) is 10. The summed E-state index contributed by atoms with van der Waals surface area (Å²) in [5, 5.41) is 5.32. The van der Waals surface area contributed by atoms with Crippen molar-refractivity contribution >= 4 is 24.1 Å². The Kier molecular flexibility index (Phi) is 18.1. The van der Waals surface area contributed by atoms with E-state index in [-0.39, 0.29) is 58.9 Å². The van der Waals surface area contributed by atoms with Gasteiger partial charge in [0.05, 0.1) is 26.4 Å². The fourth-order valence-electron chi connectivity index (χ4n) is 4.31. The number of rotatable bonds is 17. The van der Waals surface area contributed by atoms with Gasteiger partial charge in [0.25, 0.3) is 0 Å². The lowest BCUT2D eigenvalue weighted by atomic mass is 9.89. The van der Waals surface area contributed by atoms with Gasteiger partial charge in [-0.3, -0.25) is 0 Å². The van der Waals surface area contributed by atoms with E-state index < -0.39 is 18.0 Å². The minimum atomic E-state index is -0.468. The maximum atomic E-state index is 11.6. The van der Waals surface area contributed by atoms with Crippen molar-refractivity contribution < 1.29 is 47.6 Å². The first-order chi connectivity index (χ1) is 19.1. The van der Waals surface area contributed by atoms with Gasteiger partial charge in [0.2, 0.25) is 0 Å². The standard InChI is InChI=1S/C17H27NO5.C11H19NO5/c1-12(2)16(19)22-7-5-21-6-8-23-17(20)18-11-15-10-13-3-4-14(15)9-13;1-4-12-11(14)17-8-6-15-5-7-16-10(13)9(2)3/h13-15H,1,3-11H2,2H3,(H,18,20);2,4-8H2,1,3H3,(H,12,14). The van der Waals surface area contributed by atoms with Crippen molar-refractivity contribution in [1.82, 2.24) is 10.6 Å². The summed E-state index contributed by atoms with van der Waals surface area (Å²) in [5.41, 5.74) is 0.713. The number of ether oxygens (including phenoxy) is 6. The van der Waals surface area contributed by atoms with E-state index in [0.29, 0.717) is 23.6 Å². The summed E-state index contributed by atoms with van der Waals surface area (Å²) in [7, 11) is 0. The fraction of sp³-hybridized carbons (Fsp3) is 0.714. The van der Waals surface area contributed by atoms with E-state index in [1.807, 2.05) is 0 Å². The lowest BCUT2D eigenvalue weighted by molar-refractivity contribution is -0.141. The zero-order valence-corrected chi connectivity index (χ0v) is 24.1. The molecule has 40 heavy (non-hydrogen) atoms. The van der Waals surface area contributed by atoms with E-state index in [1.165, 1.54) is 25.7 Å². The van der Waals surface area contributed by atoms with Crippen molar-refractivity contribution in [3.63, 3.8) is 0 Å². The summed E-state index contributed by atoms with van der Waals surface area (Å²) in [4.78, 5) is 44.5. The van der Waals surface area contributed by atoms with Crippen LogP contribution in [-0.4, -0.2) is 90.1 Å². The van der Waals surface area contributed by atoms with E-state index in [4.69, 9.17) is 28.4 Å². The molecule has 0 spiro atoms. The number of esters is 2. The first-order valence-electron chi connectivity index (χ1n) is 13.8. The molecule has 0 heterocycles. The fourth-order valence-corrected chi connectivity index (χ4v) is 4.31. The Labute approximate surface area is 237 Å². The Hall–Kier alpha value is -3.12. The molecule has 0 aliphatic heterocycles. The lowest BCUT2D eigenvalue weighted by Crippen LogP contribution is -2.32. The maximum Gasteiger partial charge on any atom is 0.407 e. The van der Waals surface area contributed by atoms with E-state index in [9.17, 15) is 19.2 Å². The number of amides is 2. The maximum absolute atomic E-state index is 11.6. The first-order valence-corrected chi connectivity index (χ1v) is 13.8. The van der Waals surface area contributed by atoms with E-state index in [0.717, 1.165) is 18.4 Å². The molecule has 2 bridgehead atoms. The quantitative estimate of drug-likeness (QED) is 0.116. The molecular weight excluding hydrogens is 524 g/mol. The second-order valence-corrected chi connectivity index (χ2v) is 9.68. The van der Waals surface area contributed by atoms with Crippen LogP contribution in [0.3, 0.4) is 0 Å². The van der Waals surface area contributed by atoms with Gasteiger partial charge in [0, 0.05) is 24.2 Å². The molecule has 0 radical (unpaired) electrons. The van der Waals surface area contributed by atoms with Crippen LogP contribution in [0.5, 0.6) is 0 Å². The van der Waals surface area contributed by atoms with Crippen LogP contribution >= 0.6 is 0 Å². The minimum absolute atomic E-state index is 0.160. The Bertz CT molecular complexity index is 832. The van der Waals surface area contributed by atoms with Crippen molar-refractivity contribution in [2.24, 2.45) is 17.8 Å². The van der Waals surface area contributed by atoms with Crippen molar-refractivity contribution in [3.05, 3.63) is 24.3 Å². The minimum Gasteiger partial charge on any atom is -0.460 e. The molecule has 0 saturated heterocycles. The van der Waals surface area contributed by atoms with Crippen LogP contribution in [0.15, 0.2) is 24.3 Å². The molecule has 0 aromatic carbocycles. The first kappa shape index (κ1) is 34.9. The Morgan fingerprint density at radius 3 is 1.55 bits per heavy atom. The van der Waals surface area contributed by atoms with Crippen LogP contribution in [0.4, 0.5) is 9.59 Å². The highest BCUT2D eigenvalue weighted by atomic mass is 16.6. The van der Waals surface area contributed by atoms with Crippen molar-refractivity contribution in [2.75, 3.05) is 65.9 Å². The lowest BCUT2D eigenvalue weighted by Gasteiger charge is -2.21. The number of carbonyl (C=O) groups excluding carboxylic acids is 4. The molecule has 2 aliphatic carbocycles. The van der Waals surface area contributed by atoms with E-state index >= 15 is 0 Å². The molecule has 2 N–H and O–H groups in total. The zero-order valence-electron chi connectivity index (χ0n) is 24.1. The number of nitrogens with one attached hydrogen (secondary N) is 2. The predicted octanol–water partition coefficient (Wildman–Crippen LogP) is 3.15. The second kappa shape index (κ2) is 20.7. The molecular formula is C28H46N2O10.